The SMILES string of the molecule is Cc1ccc(-c2nnc(CCNC(C)(C)C)o2)cc1Br. The van der Waals surface area contributed by atoms with Crippen molar-refractivity contribution in [3.05, 3.63) is 34.1 Å². The van der Waals surface area contributed by atoms with Gasteiger partial charge >= 0.3 is 0 Å². The van der Waals surface area contributed by atoms with Crippen LogP contribution in [-0.4, -0.2) is 22.3 Å². The minimum Gasteiger partial charge on any atom is -0.421 e. The van der Waals surface area contributed by atoms with Gasteiger partial charge in [-0.2, -0.15) is 0 Å². The highest BCUT2D eigenvalue weighted by atomic mass is 79.9. The van der Waals surface area contributed by atoms with Crippen LogP contribution in [0.4, 0.5) is 0 Å². The molecule has 1 aromatic carbocycles. The summed E-state index contributed by atoms with van der Waals surface area (Å²) in [6.45, 7) is 9.27. The third-order valence-corrected chi connectivity index (χ3v) is 3.73. The van der Waals surface area contributed by atoms with Crippen molar-refractivity contribution in [3.63, 3.8) is 0 Å². The molecule has 0 amide bonds. The van der Waals surface area contributed by atoms with Crippen LogP contribution in [0.3, 0.4) is 0 Å². The maximum atomic E-state index is 5.70. The summed E-state index contributed by atoms with van der Waals surface area (Å²) in [4.78, 5) is 0. The second-order valence-electron chi connectivity index (χ2n) is 5.89. The lowest BCUT2D eigenvalue weighted by molar-refractivity contribution is 0.412. The molecule has 4 nitrogen and oxygen atoms in total. The van der Waals surface area contributed by atoms with Crippen molar-refractivity contribution in [2.24, 2.45) is 0 Å². The Hall–Kier alpha value is -1.20. The van der Waals surface area contributed by atoms with Gasteiger partial charge in [-0.3, -0.25) is 0 Å². The molecule has 0 spiro atoms. The average Bonchev–Trinajstić information content (AvgIpc) is 2.80. The first-order chi connectivity index (χ1) is 9.35. The van der Waals surface area contributed by atoms with Crippen molar-refractivity contribution >= 4 is 15.9 Å². The van der Waals surface area contributed by atoms with Crippen molar-refractivity contribution in [1.29, 1.82) is 0 Å². The lowest BCUT2D eigenvalue weighted by atomic mass is 10.1. The number of halogens is 1. The molecule has 0 aliphatic rings. The van der Waals surface area contributed by atoms with Gasteiger partial charge in [0, 0.05) is 28.5 Å². The standard InChI is InChI=1S/C15H20BrN3O/c1-10-5-6-11(9-12(10)16)14-19-18-13(20-14)7-8-17-15(2,3)4/h5-6,9,17H,7-8H2,1-4H3. The second kappa shape index (κ2) is 6.06. The number of rotatable bonds is 4. The largest absolute Gasteiger partial charge is 0.421 e. The Balaban J connectivity index is 2.03. The fraction of sp³-hybridized carbons (Fsp3) is 0.467. The minimum absolute atomic E-state index is 0.102. The third-order valence-electron chi connectivity index (χ3n) is 2.88. The van der Waals surface area contributed by atoms with Crippen molar-refractivity contribution in [2.45, 2.75) is 39.7 Å². The van der Waals surface area contributed by atoms with Gasteiger partial charge in [-0.25, -0.2) is 0 Å². The quantitative estimate of drug-likeness (QED) is 0.923. The summed E-state index contributed by atoms with van der Waals surface area (Å²) in [6.07, 6.45) is 0.733. The Kier molecular flexibility index (Phi) is 4.60. The van der Waals surface area contributed by atoms with E-state index in [0.29, 0.717) is 11.8 Å². The molecule has 0 unspecified atom stereocenters. The zero-order valence-corrected chi connectivity index (χ0v) is 13.9. The van der Waals surface area contributed by atoms with Crippen LogP contribution in [0.5, 0.6) is 0 Å². The lowest BCUT2D eigenvalue weighted by Gasteiger charge is -2.19. The first-order valence-corrected chi connectivity index (χ1v) is 7.48. The van der Waals surface area contributed by atoms with Crippen LogP contribution in [0.25, 0.3) is 11.5 Å². The molecule has 0 bridgehead atoms. The Bertz CT molecular complexity index is 587. The topological polar surface area (TPSA) is 51.0 Å². The summed E-state index contributed by atoms with van der Waals surface area (Å²) >= 11 is 3.51. The monoisotopic (exact) mass is 337 g/mol. The van der Waals surface area contributed by atoms with Crippen molar-refractivity contribution in [1.82, 2.24) is 15.5 Å². The first kappa shape index (κ1) is 15.2. The van der Waals surface area contributed by atoms with Gasteiger partial charge in [0.05, 0.1) is 0 Å². The molecule has 0 aliphatic heterocycles. The summed E-state index contributed by atoms with van der Waals surface area (Å²) in [5, 5.41) is 11.6. The molecule has 20 heavy (non-hydrogen) atoms. The molecule has 0 saturated heterocycles. The number of nitrogens with one attached hydrogen (secondary N) is 1. The molecule has 2 aromatic rings. The van der Waals surface area contributed by atoms with Crippen LogP contribution in [0.15, 0.2) is 27.1 Å². The fourth-order valence-electron chi connectivity index (χ4n) is 1.74. The third kappa shape index (κ3) is 4.15. The van der Waals surface area contributed by atoms with Gasteiger partial charge < -0.3 is 9.73 Å². The van der Waals surface area contributed by atoms with Gasteiger partial charge in [0.1, 0.15) is 0 Å². The minimum atomic E-state index is 0.102. The van der Waals surface area contributed by atoms with Crippen LogP contribution < -0.4 is 5.32 Å². The van der Waals surface area contributed by atoms with E-state index in [9.17, 15) is 0 Å². The summed E-state index contributed by atoms with van der Waals surface area (Å²) < 4.78 is 6.74. The summed E-state index contributed by atoms with van der Waals surface area (Å²) in [7, 11) is 0. The van der Waals surface area contributed by atoms with E-state index in [2.05, 4.69) is 52.2 Å². The summed E-state index contributed by atoms with van der Waals surface area (Å²) in [6, 6.07) is 6.02. The van der Waals surface area contributed by atoms with Crippen LogP contribution in [0.1, 0.15) is 32.2 Å². The van der Waals surface area contributed by atoms with E-state index in [1.807, 2.05) is 25.1 Å². The smallest absolute Gasteiger partial charge is 0.247 e. The molecular formula is C15H20BrN3O. The normalized spacial score (nSPS) is 11.8. The van der Waals surface area contributed by atoms with Crippen molar-refractivity contribution in [3.8, 4) is 11.5 Å². The van der Waals surface area contributed by atoms with Gasteiger partial charge in [-0.15, -0.1) is 10.2 Å². The molecule has 5 heteroatoms. The molecule has 0 aliphatic carbocycles. The van der Waals surface area contributed by atoms with Gasteiger partial charge in [-0.05, 0) is 45.4 Å². The molecular weight excluding hydrogens is 318 g/mol. The number of aromatic nitrogens is 2. The summed E-state index contributed by atoms with van der Waals surface area (Å²) in [5.74, 6) is 1.23. The van der Waals surface area contributed by atoms with Gasteiger partial charge in [0.2, 0.25) is 11.8 Å². The highest BCUT2D eigenvalue weighted by Gasteiger charge is 2.12. The second-order valence-corrected chi connectivity index (χ2v) is 6.75. The van der Waals surface area contributed by atoms with E-state index in [0.717, 1.165) is 23.0 Å². The molecule has 108 valence electrons. The molecule has 0 saturated carbocycles. The number of hydrogen-bond donors (Lipinski definition) is 1. The van der Waals surface area contributed by atoms with Gasteiger partial charge in [-0.1, -0.05) is 22.0 Å². The van der Waals surface area contributed by atoms with E-state index in [4.69, 9.17) is 4.42 Å². The maximum absolute atomic E-state index is 5.70. The van der Waals surface area contributed by atoms with Crippen LogP contribution in [-0.2, 0) is 6.42 Å². The Morgan fingerprint density at radius 3 is 2.65 bits per heavy atom. The summed E-state index contributed by atoms with van der Waals surface area (Å²) in [5.41, 5.74) is 2.22. The van der Waals surface area contributed by atoms with Crippen molar-refractivity contribution in [2.75, 3.05) is 6.54 Å². The van der Waals surface area contributed by atoms with Crippen LogP contribution >= 0.6 is 15.9 Å². The number of benzene rings is 1. The molecule has 0 radical (unpaired) electrons. The highest BCUT2D eigenvalue weighted by Crippen LogP contribution is 2.24. The number of aryl methyl sites for hydroxylation is 1. The van der Waals surface area contributed by atoms with E-state index in [1.165, 1.54) is 5.56 Å². The van der Waals surface area contributed by atoms with Gasteiger partial charge in [0.15, 0.2) is 0 Å². The van der Waals surface area contributed by atoms with Crippen LogP contribution in [0.2, 0.25) is 0 Å². The average molecular weight is 338 g/mol. The molecule has 2 rings (SSSR count). The predicted octanol–water partition coefficient (Wildman–Crippen LogP) is 3.74. The Labute approximate surface area is 128 Å². The van der Waals surface area contributed by atoms with Crippen molar-refractivity contribution < 1.29 is 4.42 Å². The number of nitrogens with zero attached hydrogens (tertiary/aromatic N) is 2. The predicted molar refractivity (Wildman–Crippen MR) is 83.6 cm³/mol. The molecule has 1 aromatic heterocycles. The maximum Gasteiger partial charge on any atom is 0.247 e. The molecule has 1 heterocycles. The van der Waals surface area contributed by atoms with E-state index in [-0.39, 0.29) is 5.54 Å². The van der Waals surface area contributed by atoms with E-state index in [1.54, 1.807) is 0 Å². The van der Waals surface area contributed by atoms with Gasteiger partial charge in [0.25, 0.3) is 0 Å². The van der Waals surface area contributed by atoms with E-state index >= 15 is 0 Å². The van der Waals surface area contributed by atoms with Crippen LogP contribution in [0, 0.1) is 6.92 Å². The molecule has 0 atom stereocenters. The highest BCUT2D eigenvalue weighted by molar-refractivity contribution is 9.10. The number of hydrogen-bond acceptors (Lipinski definition) is 4. The zero-order chi connectivity index (χ0) is 14.8. The van der Waals surface area contributed by atoms with E-state index < -0.39 is 0 Å². The Morgan fingerprint density at radius 1 is 1.25 bits per heavy atom. The zero-order valence-electron chi connectivity index (χ0n) is 12.3. The first-order valence-electron chi connectivity index (χ1n) is 6.69. The Morgan fingerprint density at radius 2 is 2.00 bits per heavy atom. The molecule has 1 N–H and O–H groups in total. The fourth-order valence-corrected chi connectivity index (χ4v) is 2.12. The lowest BCUT2D eigenvalue weighted by Crippen LogP contribution is -2.37. The molecule has 0 fully saturated rings.